The van der Waals surface area contributed by atoms with Gasteiger partial charge in [0, 0.05) is 0 Å². The fourth-order valence-corrected chi connectivity index (χ4v) is 5.87. The third-order valence-electron chi connectivity index (χ3n) is 3.11. The summed E-state index contributed by atoms with van der Waals surface area (Å²) >= 11 is 0.744. The molecule has 0 amide bonds. The quantitative estimate of drug-likeness (QED) is 0.593. The molecule has 0 bridgehead atoms. The van der Waals surface area contributed by atoms with E-state index >= 15 is 0 Å². The van der Waals surface area contributed by atoms with Crippen LogP contribution in [-0.4, -0.2) is 70.1 Å². The van der Waals surface area contributed by atoms with Crippen LogP contribution in [0.2, 0.25) is 0 Å². The van der Waals surface area contributed by atoms with E-state index in [0.29, 0.717) is 104 Å². The Morgan fingerprint density at radius 2 is 2.06 bits per heavy atom. The van der Waals surface area contributed by atoms with Crippen LogP contribution in [0.15, 0.2) is 0 Å². The Kier molecular flexibility index (Phi) is 5.09. The van der Waals surface area contributed by atoms with Crippen LogP contribution in [0.1, 0.15) is 19.7 Å². The predicted molar refractivity (Wildman–Crippen MR) is 63.4 cm³/mol. The van der Waals surface area contributed by atoms with Crippen molar-refractivity contribution in [1.29, 1.82) is 0 Å². The first kappa shape index (κ1) is 14.1. The molecule has 4 nitrogen and oxygen atoms in total. The van der Waals surface area contributed by atoms with E-state index in [4.69, 9.17) is 5.73 Å². The third-order valence-corrected chi connectivity index (χ3v) is 20.5. The second-order valence-electron chi connectivity index (χ2n) is 4.03. The average molecular weight is 501 g/mol. The van der Waals surface area contributed by atoms with Gasteiger partial charge in [0.25, 0.3) is 0 Å². The topological polar surface area (TPSA) is 56.7 Å². The van der Waals surface area contributed by atoms with E-state index < -0.39 is 0 Å². The monoisotopic (exact) mass is 500 g/mol. The minimum absolute atomic E-state index is 0.309. The van der Waals surface area contributed by atoms with Crippen molar-refractivity contribution in [2.75, 3.05) is 5.73 Å². The summed E-state index contributed by atoms with van der Waals surface area (Å²) in [6, 6.07) is 0. The fraction of sp³-hybridized carbons (Fsp3) is 0.400. The first-order valence-electron chi connectivity index (χ1n) is 5.71. The number of nitrogen functional groups attached to an aromatic ring is 1. The standard InChI is InChI=1S/C10H12N4.Ra.Rb.H/c1-3-8-13-9-7(14(8)4-2)5-6-12-10(9)11;;;/h3-4H2,1-2H3,(H2,11,12);;;. The summed E-state index contributed by atoms with van der Waals surface area (Å²) in [5, 5.41) is 0. The fourth-order valence-electron chi connectivity index (χ4n) is 2.16. The van der Waals surface area contributed by atoms with Gasteiger partial charge in [-0.1, -0.05) is 0 Å². The molecular formula is C10H13N4RaRb. The predicted octanol–water partition coefficient (Wildman–Crippen LogP) is -0.704. The molecule has 16 heavy (non-hydrogen) atoms. The summed E-state index contributed by atoms with van der Waals surface area (Å²) < 4.78 is 5.12. The van der Waals surface area contributed by atoms with E-state index in [0.717, 1.165) is 24.3 Å². The number of aromatic nitrogens is 3. The molecule has 2 rings (SSSR count). The van der Waals surface area contributed by atoms with Crippen molar-refractivity contribution in [3.8, 4) is 0 Å². The summed E-state index contributed by atoms with van der Waals surface area (Å²) in [7, 11) is 0. The van der Waals surface area contributed by atoms with Crippen molar-refractivity contribution >= 4 is 71.8 Å². The first-order chi connectivity index (χ1) is 7.60. The zero-order valence-electron chi connectivity index (χ0n) is 10.3. The third kappa shape index (κ3) is 2.38. The van der Waals surface area contributed by atoms with Crippen LogP contribution >= 0.6 is 0 Å². The number of pyridine rings is 1. The number of rotatable bonds is 2. The molecule has 0 aliphatic heterocycles. The molecule has 0 fully saturated rings. The molecule has 0 atom stereocenters. The molecule has 76 valence electrons. The van der Waals surface area contributed by atoms with Gasteiger partial charge in [-0.05, 0) is 0 Å². The number of imidazole rings is 1. The first-order valence-corrected chi connectivity index (χ1v) is 12.3. The molecule has 2 aromatic heterocycles. The van der Waals surface area contributed by atoms with E-state index in [1.54, 1.807) is 0 Å². The Morgan fingerprint density at radius 3 is 2.62 bits per heavy atom. The van der Waals surface area contributed by atoms with Crippen molar-refractivity contribution in [2.24, 2.45) is 0 Å². The van der Waals surface area contributed by atoms with Gasteiger partial charge in [-0.15, -0.1) is 0 Å². The molecule has 0 spiro atoms. The van der Waals surface area contributed by atoms with Crippen LogP contribution in [0.25, 0.3) is 11.0 Å². The van der Waals surface area contributed by atoms with Crippen molar-refractivity contribution < 1.29 is 42.8 Å². The molecule has 0 unspecified atom stereocenters. The number of nitrogens with zero attached hydrogens (tertiary/aromatic N) is 3. The second kappa shape index (κ2) is 5.77. The average Bonchev–Trinajstić information content (AvgIpc) is 2.64. The number of anilines is 1. The van der Waals surface area contributed by atoms with Crippen LogP contribution in [0, 0.1) is 42.8 Å². The van der Waals surface area contributed by atoms with Crippen LogP contribution in [0.4, 0.5) is 5.82 Å². The van der Waals surface area contributed by atoms with Gasteiger partial charge in [0.15, 0.2) is 0 Å². The molecule has 0 radical (unpaired) electrons. The summed E-state index contributed by atoms with van der Waals surface area (Å²) in [6.45, 7) is 5.30. The van der Waals surface area contributed by atoms with Crippen molar-refractivity contribution in [3.05, 3.63) is 5.82 Å². The molecular weight excluding hydrogens is 488 g/mol. The molecule has 0 aromatic carbocycles. The van der Waals surface area contributed by atoms with Gasteiger partial charge in [0.05, 0.1) is 0 Å². The molecule has 6 heteroatoms. The molecule has 0 aliphatic rings. The molecule has 2 aromatic rings. The summed E-state index contributed by atoms with van der Waals surface area (Å²) in [6.07, 6.45) is 0.960. The Labute approximate surface area is 163 Å². The number of aryl methyl sites for hydroxylation is 2. The van der Waals surface area contributed by atoms with Gasteiger partial charge >= 0.3 is 167 Å². The van der Waals surface area contributed by atoms with E-state index in [2.05, 4.69) is 28.4 Å². The maximum absolute atomic E-state index is 5.99. The van der Waals surface area contributed by atoms with Crippen LogP contribution in [-0.2, 0) is 13.0 Å². The molecule has 0 saturated heterocycles. The Bertz CT molecular complexity index is 549. The van der Waals surface area contributed by atoms with Crippen LogP contribution < -0.4 is 5.10 Å². The molecule has 0 aliphatic carbocycles. The van der Waals surface area contributed by atoms with E-state index in [-0.39, 0.29) is 0 Å². The van der Waals surface area contributed by atoms with Crippen LogP contribution in [0.5, 0.6) is 0 Å². The van der Waals surface area contributed by atoms with Crippen molar-refractivity contribution in [3.63, 3.8) is 0 Å². The van der Waals surface area contributed by atoms with E-state index in [1.165, 1.54) is 4.88 Å². The van der Waals surface area contributed by atoms with Gasteiger partial charge in [-0.3, -0.25) is 0 Å². The summed E-state index contributed by atoms with van der Waals surface area (Å²) in [5.41, 5.74) is 8.23. The normalized spacial score (nSPS) is 11.2. The summed E-state index contributed by atoms with van der Waals surface area (Å²) in [5.74, 6) is 1.77. The molecule has 0 saturated carbocycles. The molecule has 2 N–H and O–H groups in total. The Hall–Kier alpha value is 1.69. The molecule has 2 heterocycles. The number of hydrogen-bond acceptors (Lipinski definition) is 3. The second-order valence-corrected chi connectivity index (χ2v) is 10.5. The van der Waals surface area contributed by atoms with Gasteiger partial charge in [0.2, 0.25) is 0 Å². The van der Waals surface area contributed by atoms with Gasteiger partial charge < -0.3 is 0 Å². The number of nitrogens with two attached hydrogens (primary N) is 1. The van der Waals surface area contributed by atoms with E-state index in [9.17, 15) is 0 Å². The minimum atomic E-state index is 0.309. The number of hydrogen-bond donors (Lipinski definition) is 1. The SMILES string of the molecule is CCc1nc2c(N)n[c]([Rb])[c]([RaH])c2n1CC. The van der Waals surface area contributed by atoms with Crippen LogP contribution in [0.3, 0.4) is 0 Å². The zero-order chi connectivity index (χ0) is 11.9. The van der Waals surface area contributed by atoms with Crippen molar-refractivity contribution in [2.45, 2.75) is 26.8 Å². The number of fused-ring (bicyclic) bond motifs is 1. The zero-order valence-corrected chi connectivity index (χ0v) is 23.5. The van der Waals surface area contributed by atoms with Crippen molar-refractivity contribution in [1.82, 2.24) is 14.5 Å². The Morgan fingerprint density at radius 1 is 1.38 bits per heavy atom. The maximum atomic E-state index is 5.99. The Balaban J connectivity index is 2.92. The van der Waals surface area contributed by atoms with Gasteiger partial charge in [-0.2, -0.15) is 0 Å². The van der Waals surface area contributed by atoms with Gasteiger partial charge in [-0.25, -0.2) is 0 Å². The van der Waals surface area contributed by atoms with E-state index in [1.807, 2.05) is 0 Å². The van der Waals surface area contributed by atoms with Gasteiger partial charge in [0.1, 0.15) is 0 Å². The summed E-state index contributed by atoms with van der Waals surface area (Å²) in [4.78, 5) is 9.12.